The van der Waals surface area contributed by atoms with Crippen LogP contribution in [0.15, 0.2) is 36.5 Å². The largest absolute Gasteiger partial charge is 0.383 e. The van der Waals surface area contributed by atoms with Gasteiger partial charge < -0.3 is 10.3 Å². The smallest absolute Gasteiger partial charge is 0.131 e. The molecule has 1 aromatic carbocycles. The molecule has 4 nitrogen and oxygen atoms in total. The van der Waals surface area contributed by atoms with Crippen molar-refractivity contribution in [2.45, 2.75) is 26.8 Å². The average Bonchev–Trinajstić information content (AvgIpc) is 2.75. The summed E-state index contributed by atoms with van der Waals surface area (Å²) in [5, 5.41) is 1.10. The van der Waals surface area contributed by atoms with Crippen LogP contribution < -0.4 is 5.73 Å². The maximum Gasteiger partial charge on any atom is 0.131 e. The fourth-order valence-electron chi connectivity index (χ4n) is 2.58. The number of aromatic nitrogens is 3. The maximum atomic E-state index is 6.29. The number of hydrogen-bond acceptors (Lipinski definition) is 3. The van der Waals surface area contributed by atoms with Crippen LogP contribution in [0.25, 0.3) is 22.2 Å². The van der Waals surface area contributed by atoms with Crippen molar-refractivity contribution in [1.82, 2.24) is 14.5 Å². The van der Waals surface area contributed by atoms with Crippen LogP contribution in [0.1, 0.15) is 19.2 Å². The number of imidazole rings is 1. The minimum absolute atomic E-state index is 0.725. The molecular formula is C16H18N4. The molecule has 3 rings (SSSR count). The van der Waals surface area contributed by atoms with E-state index < -0.39 is 0 Å². The zero-order valence-corrected chi connectivity index (χ0v) is 11.8. The highest BCUT2D eigenvalue weighted by molar-refractivity contribution is 5.94. The minimum Gasteiger partial charge on any atom is -0.383 e. The third kappa shape index (κ3) is 1.93. The Labute approximate surface area is 118 Å². The van der Waals surface area contributed by atoms with Crippen LogP contribution in [0.3, 0.4) is 0 Å². The van der Waals surface area contributed by atoms with Gasteiger partial charge in [-0.15, -0.1) is 0 Å². The van der Waals surface area contributed by atoms with Crippen molar-refractivity contribution in [3.05, 3.63) is 42.4 Å². The number of nitrogens with two attached hydrogens (primary N) is 1. The van der Waals surface area contributed by atoms with E-state index in [2.05, 4.69) is 33.6 Å². The van der Waals surface area contributed by atoms with E-state index in [0.29, 0.717) is 0 Å². The summed E-state index contributed by atoms with van der Waals surface area (Å²) in [4.78, 5) is 9.13. The van der Waals surface area contributed by atoms with Gasteiger partial charge in [0.25, 0.3) is 0 Å². The first-order valence-corrected chi connectivity index (χ1v) is 6.89. The summed E-state index contributed by atoms with van der Waals surface area (Å²) in [6.45, 7) is 5.02. The molecular weight excluding hydrogens is 248 g/mol. The van der Waals surface area contributed by atoms with Gasteiger partial charge in [0.15, 0.2) is 0 Å². The van der Waals surface area contributed by atoms with E-state index >= 15 is 0 Å². The topological polar surface area (TPSA) is 56.7 Å². The summed E-state index contributed by atoms with van der Waals surface area (Å²) < 4.78 is 2.07. The molecule has 0 unspecified atom stereocenters. The number of fused-ring (bicyclic) bond motifs is 1. The predicted molar refractivity (Wildman–Crippen MR) is 82.4 cm³/mol. The van der Waals surface area contributed by atoms with Gasteiger partial charge in [0.2, 0.25) is 0 Å². The quantitative estimate of drug-likeness (QED) is 0.790. The summed E-state index contributed by atoms with van der Waals surface area (Å²) in [6.07, 6.45) is 2.84. The Hall–Kier alpha value is -2.36. The molecule has 0 fully saturated rings. The lowest BCUT2D eigenvalue weighted by Gasteiger charge is -2.06. The second-order valence-corrected chi connectivity index (χ2v) is 4.93. The lowest BCUT2D eigenvalue weighted by molar-refractivity contribution is 0.665. The van der Waals surface area contributed by atoms with Gasteiger partial charge in [0.1, 0.15) is 17.3 Å². The zero-order chi connectivity index (χ0) is 14.1. The van der Waals surface area contributed by atoms with Gasteiger partial charge in [0.05, 0.1) is 5.52 Å². The standard InChI is InChI=1S/C16H18N4/c1-3-10-20-11(2)19-15(16(20)17)13-8-4-6-12-7-5-9-18-14(12)13/h4-9H,3,10,17H2,1-2H3. The lowest BCUT2D eigenvalue weighted by atomic mass is 10.1. The van der Waals surface area contributed by atoms with Gasteiger partial charge in [-0.3, -0.25) is 4.98 Å². The third-order valence-corrected chi connectivity index (χ3v) is 3.53. The summed E-state index contributed by atoms with van der Waals surface area (Å²) in [5.74, 6) is 1.68. The number of hydrogen-bond donors (Lipinski definition) is 1. The predicted octanol–water partition coefficient (Wildman–Crippen LogP) is 3.40. The number of benzene rings is 1. The van der Waals surface area contributed by atoms with Crippen LogP contribution in [0.4, 0.5) is 5.82 Å². The Morgan fingerprint density at radius 3 is 2.80 bits per heavy atom. The Kier molecular flexibility index (Phi) is 3.14. The van der Waals surface area contributed by atoms with E-state index in [0.717, 1.165) is 46.8 Å². The molecule has 4 heteroatoms. The Morgan fingerprint density at radius 2 is 2.00 bits per heavy atom. The lowest BCUT2D eigenvalue weighted by Crippen LogP contribution is -2.04. The summed E-state index contributed by atoms with van der Waals surface area (Å²) in [6, 6.07) is 10.1. The Bertz CT molecular complexity index is 753. The van der Waals surface area contributed by atoms with Gasteiger partial charge in [-0.1, -0.05) is 31.2 Å². The average molecular weight is 266 g/mol. The molecule has 0 spiro atoms. The fraction of sp³-hybridized carbons (Fsp3) is 0.250. The minimum atomic E-state index is 0.725. The Balaban J connectivity index is 2.24. The molecule has 0 radical (unpaired) electrons. The summed E-state index contributed by atoms with van der Waals surface area (Å²) in [5.41, 5.74) is 9.07. The van der Waals surface area contributed by atoms with Crippen molar-refractivity contribution in [3.8, 4) is 11.3 Å². The number of pyridine rings is 1. The van der Waals surface area contributed by atoms with Crippen molar-refractivity contribution in [2.24, 2.45) is 0 Å². The van der Waals surface area contributed by atoms with Gasteiger partial charge in [-0.05, 0) is 19.4 Å². The van der Waals surface area contributed by atoms with E-state index in [4.69, 9.17) is 5.73 Å². The molecule has 3 aromatic rings. The van der Waals surface area contributed by atoms with Crippen LogP contribution in [0.2, 0.25) is 0 Å². The molecule has 2 N–H and O–H groups in total. The van der Waals surface area contributed by atoms with Crippen molar-refractivity contribution in [3.63, 3.8) is 0 Å². The van der Waals surface area contributed by atoms with Gasteiger partial charge in [-0.2, -0.15) is 0 Å². The molecule has 0 saturated carbocycles. The van der Waals surface area contributed by atoms with Crippen LogP contribution in [-0.4, -0.2) is 14.5 Å². The summed E-state index contributed by atoms with van der Waals surface area (Å²) >= 11 is 0. The normalized spacial score (nSPS) is 11.1. The van der Waals surface area contributed by atoms with Crippen LogP contribution in [0, 0.1) is 6.92 Å². The first kappa shape index (κ1) is 12.7. The van der Waals surface area contributed by atoms with Crippen molar-refractivity contribution < 1.29 is 0 Å². The van der Waals surface area contributed by atoms with E-state index in [1.807, 2.05) is 25.1 Å². The monoisotopic (exact) mass is 266 g/mol. The molecule has 0 saturated heterocycles. The molecule has 0 amide bonds. The highest BCUT2D eigenvalue weighted by Gasteiger charge is 2.15. The molecule has 2 aromatic heterocycles. The molecule has 0 bridgehead atoms. The second kappa shape index (κ2) is 4.96. The number of nitrogen functional groups attached to an aromatic ring is 1. The second-order valence-electron chi connectivity index (χ2n) is 4.93. The zero-order valence-electron chi connectivity index (χ0n) is 11.8. The number of nitrogens with zero attached hydrogens (tertiary/aromatic N) is 3. The molecule has 102 valence electrons. The van der Waals surface area contributed by atoms with Crippen LogP contribution in [-0.2, 0) is 6.54 Å². The van der Waals surface area contributed by atoms with E-state index in [-0.39, 0.29) is 0 Å². The fourth-order valence-corrected chi connectivity index (χ4v) is 2.58. The van der Waals surface area contributed by atoms with Crippen molar-refractivity contribution in [2.75, 3.05) is 5.73 Å². The van der Waals surface area contributed by atoms with Crippen LogP contribution >= 0.6 is 0 Å². The van der Waals surface area contributed by atoms with Gasteiger partial charge in [-0.25, -0.2) is 4.98 Å². The van der Waals surface area contributed by atoms with Gasteiger partial charge >= 0.3 is 0 Å². The van der Waals surface area contributed by atoms with E-state index in [9.17, 15) is 0 Å². The Morgan fingerprint density at radius 1 is 1.20 bits per heavy atom. The molecule has 0 aliphatic heterocycles. The van der Waals surface area contributed by atoms with Crippen molar-refractivity contribution in [1.29, 1.82) is 0 Å². The third-order valence-electron chi connectivity index (χ3n) is 3.53. The van der Waals surface area contributed by atoms with Crippen LogP contribution in [0.5, 0.6) is 0 Å². The van der Waals surface area contributed by atoms with E-state index in [1.165, 1.54) is 0 Å². The highest BCUT2D eigenvalue weighted by atomic mass is 15.1. The molecule has 0 aliphatic rings. The number of rotatable bonds is 3. The molecule has 0 aliphatic carbocycles. The number of anilines is 1. The maximum absolute atomic E-state index is 6.29. The van der Waals surface area contributed by atoms with Crippen molar-refractivity contribution >= 4 is 16.7 Å². The first-order valence-electron chi connectivity index (χ1n) is 6.89. The molecule has 2 heterocycles. The number of para-hydroxylation sites is 1. The van der Waals surface area contributed by atoms with E-state index in [1.54, 1.807) is 6.20 Å². The first-order chi connectivity index (χ1) is 9.72. The highest BCUT2D eigenvalue weighted by Crippen LogP contribution is 2.31. The SMILES string of the molecule is CCCn1c(C)nc(-c2cccc3cccnc23)c1N. The molecule has 0 atom stereocenters. The summed E-state index contributed by atoms with van der Waals surface area (Å²) in [7, 11) is 0. The molecule has 20 heavy (non-hydrogen) atoms. The number of aryl methyl sites for hydroxylation is 1. The van der Waals surface area contributed by atoms with Gasteiger partial charge in [0, 0.05) is 23.7 Å².